The molecule has 0 saturated carbocycles. The molecule has 2 aromatic carbocycles. The van der Waals surface area contributed by atoms with E-state index in [-0.39, 0.29) is 37.0 Å². The lowest BCUT2D eigenvalue weighted by atomic mass is 9.95. The van der Waals surface area contributed by atoms with Gasteiger partial charge in [-0.3, -0.25) is 14.4 Å². The number of halogens is 4. The zero-order chi connectivity index (χ0) is 23.4. The summed E-state index contributed by atoms with van der Waals surface area (Å²) in [5, 5.41) is 3.32. The molecule has 0 radical (unpaired) electrons. The standard InChI is InChI=1S/C22H21Cl2F2N3O3/c1-28(12-20(30)27-15-3-5-17(23)18(24)11-15)21(31)13-6-8-29(9-7-13)22(32)16-4-2-14(25)10-19(16)26/h2-5,10-11,13H,6-9,12H2,1H3,(H,27,30). The number of anilines is 1. The molecule has 1 N–H and O–H groups in total. The van der Waals surface area contributed by atoms with E-state index >= 15 is 0 Å². The first-order valence-electron chi connectivity index (χ1n) is 9.90. The average Bonchev–Trinajstić information content (AvgIpc) is 2.75. The SMILES string of the molecule is CN(CC(=O)Nc1ccc(Cl)c(Cl)c1)C(=O)C1CCN(C(=O)c2ccc(F)cc2F)CC1. The van der Waals surface area contributed by atoms with Crippen LogP contribution in [0.2, 0.25) is 10.0 Å². The van der Waals surface area contributed by atoms with Gasteiger partial charge >= 0.3 is 0 Å². The first kappa shape index (κ1) is 23.9. The average molecular weight is 484 g/mol. The van der Waals surface area contributed by atoms with Gasteiger partial charge in [0.2, 0.25) is 11.8 Å². The number of hydrogen-bond donors (Lipinski definition) is 1. The van der Waals surface area contributed by atoms with Crippen molar-refractivity contribution >= 4 is 46.6 Å². The lowest BCUT2D eigenvalue weighted by molar-refractivity contribution is -0.138. The van der Waals surface area contributed by atoms with Crippen LogP contribution in [0.4, 0.5) is 14.5 Å². The van der Waals surface area contributed by atoms with Gasteiger partial charge in [0.1, 0.15) is 11.6 Å². The van der Waals surface area contributed by atoms with Gasteiger partial charge in [0.15, 0.2) is 0 Å². The molecule has 1 heterocycles. The molecule has 6 nitrogen and oxygen atoms in total. The number of amides is 3. The van der Waals surface area contributed by atoms with Crippen molar-refractivity contribution in [2.75, 3.05) is 32.0 Å². The quantitative estimate of drug-likeness (QED) is 0.691. The van der Waals surface area contributed by atoms with Crippen molar-refractivity contribution in [2.24, 2.45) is 5.92 Å². The minimum atomic E-state index is -0.916. The lowest BCUT2D eigenvalue weighted by Crippen LogP contribution is -2.45. The number of likely N-dealkylation sites (tertiary alicyclic amines) is 1. The molecule has 1 aliphatic heterocycles. The molecule has 0 aromatic heterocycles. The van der Waals surface area contributed by atoms with Crippen LogP contribution in [-0.4, -0.2) is 54.2 Å². The van der Waals surface area contributed by atoms with Gasteiger partial charge in [-0.05, 0) is 43.2 Å². The van der Waals surface area contributed by atoms with Gasteiger partial charge in [-0.1, -0.05) is 23.2 Å². The molecule has 3 rings (SSSR count). The number of hydrogen-bond acceptors (Lipinski definition) is 3. The molecule has 0 spiro atoms. The van der Waals surface area contributed by atoms with Crippen LogP contribution in [0.5, 0.6) is 0 Å². The Kier molecular flexibility index (Phi) is 7.69. The fourth-order valence-corrected chi connectivity index (χ4v) is 3.84. The van der Waals surface area contributed by atoms with E-state index in [0.717, 1.165) is 12.1 Å². The summed E-state index contributed by atoms with van der Waals surface area (Å²) in [5.74, 6) is -3.17. The molecule has 2 aromatic rings. The maximum Gasteiger partial charge on any atom is 0.256 e. The van der Waals surface area contributed by atoms with E-state index in [1.54, 1.807) is 12.1 Å². The number of benzene rings is 2. The largest absolute Gasteiger partial charge is 0.339 e. The Bertz CT molecular complexity index is 1040. The van der Waals surface area contributed by atoms with E-state index in [4.69, 9.17) is 23.2 Å². The van der Waals surface area contributed by atoms with Crippen LogP contribution in [0.3, 0.4) is 0 Å². The molecule has 0 atom stereocenters. The normalized spacial score (nSPS) is 14.2. The summed E-state index contributed by atoms with van der Waals surface area (Å²) in [5.41, 5.74) is 0.261. The van der Waals surface area contributed by atoms with E-state index in [2.05, 4.69) is 5.32 Å². The fourth-order valence-electron chi connectivity index (χ4n) is 3.54. The van der Waals surface area contributed by atoms with Crippen LogP contribution < -0.4 is 5.32 Å². The molecule has 0 aliphatic carbocycles. The Labute approximate surface area is 194 Å². The van der Waals surface area contributed by atoms with Gasteiger partial charge in [0.05, 0.1) is 22.2 Å². The molecule has 1 fully saturated rings. The van der Waals surface area contributed by atoms with Crippen molar-refractivity contribution in [3.05, 3.63) is 63.6 Å². The molecule has 0 bridgehead atoms. The number of likely N-dealkylation sites (N-methyl/N-ethyl adjacent to an activating group) is 1. The third kappa shape index (κ3) is 5.75. The lowest BCUT2D eigenvalue weighted by Gasteiger charge is -2.33. The molecule has 32 heavy (non-hydrogen) atoms. The zero-order valence-electron chi connectivity index (χ0n) is 17.2. The fraction of sp³-hybridized carbons (Fsp3) is 0.318. The number of carbonyl (C=O) groups is 3. The van der Waals surface area contributed by atoms with Crippen LogP contribution in [0, 0.1) is 17.6 Å². The summed E-state index contributed by atoms with van der Waals surface area (Å²) < 4.78 is 27.0. The topological polar surface area (TPSA) is 69.7 Å². The third-order valence-electron chi connectivity index (χ3n) is 5.25. The predicted molar refractivity (Wildman–Crippen MR) is 118 cm³/mol. The van der Waals surface area contributed by atoms with E-state index in [0.29, 0.717) is 34.6 Å². The van der Waals surface area contributed by atoms with Crippen LogP contribution in [-0.2, 0) is 9.59 Å². The second-order valence-electron chi connectivity index (χ2n) is 7.56. The highest BCUT2D eigenvalue weighted by Gasteiger charge is 2.31. The third-order valence-corrected chi connectivity index (χ3v) is 5.99. The van der Waals surface area contributed by atoms with Crippen molar-refractivity contribution in [1.82, 2.24) is 9.80 Å². The maximum atomic E-state index is 13.9. The van der Waals surface area contributed by atoms with Crippen LogP contribution in [0.25, 0.3) is 0 Å². The Morgan fingerprint density at radius 1 is 1.06 bits per heavy atom. The van der Waals surface area contributed by atoms with E-state index < -0.39 is 23.4 Å². The van der Waals surface area contributed by atoms with Gasteiger partial charge in [-0.2, -0.15) is 0 Å². The first-order valence-corrected chi connectivity index (χ1v) is 10.7. The Morgan fingerprint density at radius 2 is 1.75 bits per heavy atom. The summed E-state index contributed by atoms with van der Waals surface area (Å²) in [7, 11) is 1.53. The second-order valence-corrected chi connectivity index (χ2v) is 8.38. The molecular weight excluding hydrogens is 463 g/mol. The molecule has 3 amide bonds. The molecule has 170 valence electrons. The molecule has 1 aliphatic rings. The smallest absolute Gasteiger partial charge is 0.256 e. The van der Waals surface area contributed by atoms with Gasteiger partial charge in [-0.15, -0.1) is 0 Å². The van der Waals surface area contributed by atoms with Gasteiger partial charge < -0.3 is 15.1 Å². The maximum absolute atomic E-state index is 13.9. The minimum absolute atomic E-state index is 0.154. The zero-order valence-corrected chi connectivity index (χ0v) is 18.7. The Morgan fingerprint density at radius 3 is 2.38 bits per heavy atom. The van der Waals surface area contributed by atoms with Crippen LogP contribution in [0.15, 0.2) is 36.4 Å². The highest BCUT2D eigenvalue weighted by Crippen LogP contribution is 2.25. The molecule has 0 unspecified atom stereocenters. The predicted octanol–water partition coefficient (Wildman–Crippen LogP) is 4.22. The van der Waals surface area contributed by atoms with Gasteiger partial charge in [0, 0.05) is 37.8 Å². The Balaban J connectivity index is 1.51. The van der Waals surface area contributed by atoms with Crippen molar-refractivity contribution in [1.29, 1.82) is 0 Å². The van der Waals surface area contributed by atoms with Crippen molar-refractivity contribution in [2.45, 2.75) is 12.8 Å². The van der Waals surface area contributed by atoms with Crippen molar-refractivity contribution < 1.29 is 23.2 Å². The van der Waals surface area contributed by atoms with Gasteiger partial charge in [-0.25, -0.2) is 8.78 Å². The second kappa shape index (κ2) is 10.3. The first-order chi connectivity index (χ1) is 15.2. The van der Waals surface area contributed by atoms with E-state index in [1.807, 2.05) is 0 Å². The number of nitrogens with one attached hydrogen (secondary N) is 1. The number of rotatable bonds is 5. The van der Waals surface area contributed by atoms with Gasteiger partial charge in [0.25, 0.3) is 5.91 Å². The summed E-state index contributed by atoms with van der Waals surface area (Å²) >= 11 is 11.8. The van der Waals surface area contributed by atoms with E-state index in [9.17, 15) is 23.2 Å². The number of carbonyl (C=O) groups excluding carboxylic acids is 3. The summed E-state index contributed by atoms with van der Waals surface area (Å²) in [6, 6.07) is 7.49. The van der Waals surface area contributed by atoms with E-state index in [1.165, 1.54) is 22.9 Å². The minimum Gasteiger partial charge on any atom is -0.339 e. The van der Waals surface area contributed by atoms with Crippen LogP contribution >= 0.6 is 23.2 Å². The number of piperidine rings is 1. The monoisotopic (exact) mass is 483 g/mol. The van der Waals surface area contributed by atoms with Crippen molar-refractivity contribution in [3.63, 3.8) is 0 Å². The molecule has 10 heteroatoms. The highest BCUT2D eigenvalue weighted by molar-refractivity contribution is 6.42. The molecule has 1 saturated heterocycles. The highest BCUT2D eigenvalue weighted by atomic mass is 35.5. The van der Waals surface area contributed by atoms with Crippen LogP contribution in [0.1, 0.15) is 23.2 Å². The Hall–Kier alpha value is -2.71. The number of nitrogens with zero attached hydrogens (tertiary/aromatic N) is 2. The summed E-state index contributed by atoms with van der Waals surface area (Å²) in [6.45, 7) is 0.365. The van der Waals surface area contributed by atoms with Crippen molar-refractivity contribution in [3.8, 4) is 0 Å². The summed E-state index contributed by atoms with van der Waals surface area (Å²) in [6.07, 6.45) is 0.762. The summed E-state index contributed by atoms with van der Waals surface area (Å²) in [4.78, 5) is 40.3. The molecular formula is C22H21Cl2F2N3O3.